The van der Waals surface area contributed by atoms with E-state index in [-0.39, 0.29) is 30.4 Å². The van der Waals surface area contributed by atoms with Gasteiger partial charge in [0.25, 0.3) is 5.91 Å². The van der Waals surface area contributed by atoms with Gasteiger partial charge in [-0.05, 0) is 55.2 Å². The van der Waals surface area contributed by atoms with Crippen LogP contribution in [0, 0.1) is 11.3 Å². The third-order valence-electron chi connectivity index (χ3n) is 6.52. The second-order valence-corrected chi connectivity index (χ2v) is 10.1. The van der Waals surface area contributed by atoms with Crippen molar-refractivity contribution >= 4 is 29.4 Å². The van der Waals surface area contributed by atoms with E-state index in [0.717, 1.165) is 17.7 Å². The lowest BCUT2D eigenvalue weighted by Gasteiger charge is -2.40. The van der Waals surface area contributed by atoms with Crippen molar-refractivity contribution in [1.82, 2.24) is 15.1 Å². The molecule has 0 aromatic heterocycles. The maximum absolute atomic E-state index is 13.1. The second-order valence-electron chi connectivity index (χ2n) is 9.66. The number of halogens is 1. The summed E-state index contributed by atoms with van der Waals surface area (Å²) in [7, 11) is 1.63. The average Bonchev–Trinajstić information content (AvgIpc) is 2.91. The quantitative estimate of drug-likeness (QED) is 0.671. The number of rotatable bonds is 6. The fraction of sp³-hybridized carbons (Fsp3) is 0.609. The highest BCUT2D eigenvalue weighted by atomic mass is 35.5. The van der Waals surface area contributed by atoms with Gasteiger partial charge in [-0.15, -0.1) is 0 Å². The molecule has 1 saturated heterocycles. The Labute approximate surface area is 189 Å². The van der Waals surface area contributed by atoms with Gasteiger partial charge in [0.1, 0.15) is 24.4 Å². The molecule has 1 heterocycles. The molecule has 3 rings (SSSR count). The molecule has 1 aliphatic heterocycles. The number of imide groups is 1. The summed E-state index contributed by atoms with van der Waals surface area (Å²) in [5, 5.41) is 3.46. The van der Waals surface area contributed by atoms with Crippen LogP contribution in [0.25, 0.3) is 0 Å². The van der Waals surface area contributed by atoms with E-state index in [1.807, 2.05) is 0 Å². The maximum Gasteiger partial charge on any atom is 0.325 e. The number of ether oxygens (including phenoxy) is 1. The fourth-order valence-electron chi connectivity index (χ4n) is 4.37. The van der Waals surface area contributed by atoms with E-state index in [0.29, 0.717) is 36.1 Å². The SMILES string of the molecule is CN(CCOc1cccc(Cl)c1)C(=O)CN1C(=O)NC2(CCC(C(C)(C)C)CC2)C1=O. The van der Waals surface area contributed by atoms with Crippen molar-refractivity contribution < 1.29 is 19.1 Å². The van der Waals surface area contributed by atoms with Crippen LogP contribution in [0.15, 0.2) is 24.3 Å². The van der Waals surface area contributed by atoms with Gasteiger partial charge in [-0.25, -0.2) is 4.79 Å². The van der Waals surface area contributed by atoms with Crippen LogP contribution < -0.4 is 10.1 Å². The standard InChI is InChI=1S/C23H32ClN3O4/c1-22(2,3)16-8-10-23(11-9-16)20(29)27(21(30)25-23)15-19(28)26(4)12-13-31-18-7-5-6-17(24)14-18/h5-7,14,16H,8-13,15H2,1-4H3,(H,25,30). The van der Waals surface area contributed by atoms with E-state index in [1.54, 1.807) is 31.3 Å². The molecule has 0 bridgehead atoms. The van der Waals surface area contributed by atoms with Gasteiger partial charge >= 0.3 is 6.03 Å². The van der Waals surface area contributed by atoms with Gasteiger partial charge in [0.15, 0.2) is 0 Å². The highest BCUT2D eigenvalue weighted by Gasteiger charge is 2.53. The lowest BCUT2D eigenvalue weighted by Crippen LogP contribution is -2.51. The minimum absolute atomic E-state index is 0.179. The molecule has 7 nitrogen and oxygen atoms in total. The Morgan fingerprint density at radius 1 is 1.29 bits per heavy atom. The first-order valence-corrected chi connectivity index (χ1v) is 11.2. The minimum Gasteiger partial charge on any atom is -0.492 e. The van der Waals surface area contributed by atoms with Crippen LogP contribution in [0.5, 0.6) is 5.75 Å². The smallest absolute Gasteiger partial charge is 0.325 e. The molecule has 1 aromatic carbocycles. The molecule has 1 aliphatic carbocycles. The van der Waals surface area contributed by atoms with Gasteiger partial charge in [-0.3, -0.25) is 14.5 Å². The Bertz CT molecular complexity index is 843. The number of hydrogen-bond donors (Lipinski definition) is 1. The Balaban J connectivity index is 1.51. The molecule has 1 spiro atoms. The first kappa shape index (κ1) is 23.4. The van der Waals surface area contributed by atoms with Crippen molar-refractivity contribution in [3.8, 4) is 5.75 Å². The topological polar surface area (TPSA) is 79.0 Å². The zero-order valence-electron chi connectivity index (χ0n) is 18.7. The van der Waals surface area contributed by atoms with Crippen LogP contribution in [0.2, 0.25) is 5.02 Å². The number of nitrogens with one attached hydrogen (secondary N) is 1. The Morgan fingerprint density at radius 2 is 1.97 bits per heavy atom. The molecule has 4 amide bonds. The van der Waals surface area contributed by atoms with Gasteiger partial charge < -0.3 is 15.0 Å². The third-order valence-corrected chi connectivity index (χ3v) is 6.76. The van der Waals surface area contributed by atoms with Crippen LogP contribution >= 0.6 is 11.6 Å². The van der Waals surface area contributed by atoms with Crippen molar-refractivity contribution in [2.75, 3.05) is 26.7 Å². The van der Waals surface area contributed by atoms with Gasteiger partial charge in [0.05, 0.1) is 6.54 Å². The van der Waals surface area contributed by atoms with Crippen LogP contribution in [0.1, 0.15) is 46.5 Å². The predicted octanol–water partition coefficient (Wildman–Crippen LogP) is 3.70. The average molecular weight is 450 g/mol. The third kappa shape index (κ3) is 5.32. The van der Waals surface area contributed by atoms with Crippen molar-refractivity contribution in [2.24, 2.45) is 11.3 Å². The van der Waals surface area contributed by atoms with E-state index in [1.165, 1.54) is 4.90 Å². The molecule has 2 aliphatic rings. The molecule has 0 radical (unpaired) electrons. The number of carbonyl (C=O) groups excluding carboxylic acids is 3. The molecule has 1 N–H and O–H groups in total. The molecule has 8 heteroatoms. The number of hydrogen-bond acceptors (Lipinski definition) is 4. The van der Waals surface area contributed by atoms with Gasteiger partial charge in [0, 0.05) is 12.1 Å². The summed E-state index contributed by atoms with van der Waals surface area (Å²) < 4.78 is 5.61. The molecule has 0 atom stereocenters. The van der Waals surface area contributed by atoms with Crippen LogP contribution in [0.4, 0.5) is 4.79 Å². The first-order chi connectivity index (χ1) is 14.5. The molecule has 0 unspecified atom stereocenters. The number of likely N-dealkylation sites (N-methyl/N-ethyl adjacent to an activating group) is 1. The van der Waals surface area contributed by atoms with E-state index >= 15 is 0 Å². The van der Waals surface area contributed by atoms with Crippen molar-refractivity contribution in [3.05, 3.63) is 29.3 Å². The molecule has 170 valence electrons. The minimum atomic E-state index is -0.854. The largest absolute Gasteiger partial charge is 0.492 e. The Morgan fingerprint density at radius 3 is 2.58 bits per heavy atom. The number of urea groups is 1. The van der Waals surface area contributed by atoms with Gasteiger partial charge in [-0.1, -0.05) is 38.4 Å². The first-order valence-electron chi connectivity index (χ1n) is 10.8. The summed E-state index contributed by atoms with van der Waals surface area (Å²) >= 11 is 5.93. The molecule has 1 saturated carbocycles. The van der Waals surface area contributed by atoms with Gasteiger partial charge in [0.2, 0.25) is 5.91 Å². The fourth-order valence-corrected chi connectivity index (χ4v) is 4.55. The number of amides is 4. The van der Waals surface area contributed by atoms with Crippen molar-refractivity contribution in [3.63, 3.8) is 0 Å². The van der Waals surface area contributed by atoms with E-state index < -0.39 is 11.6 Å². The predicted molar refractivity (Wildman–Crippen MR) is 119 cm³/mol. The molecule has 31 heavy (non-hydrogen) atoms. The van der Waals surface area contributed by atoms with E-state index in [2.05, 4.69) is 26.1 Å². The van der Waals surface area contributed by atoms with Crippen LogP contribution in [-0.4, -0.2) is 59.9 Å². The molecule has 1 aromatic rings. The number of carbonyl (C=O) groups is 3. The van der Waals surface area contributed by atoms with Crippen LogP contribution in [0.3, 0.4) is 0 Å². The Hall–Kier alpha value is -2.28. The summed E-state index contributed by atoms with van der Waals surface area (Å²) in [6.45, 7) is 6.97. The number of nitrogens with zero attached hydrogens (tertiary/aromatic N) is 2. The summed E-state index contributed by atoms with van der Waals surface area (Å²) in [5.41, 5.74) is -0.674. The lowest BCUT2D eigenvalue weighted by molar-refractivity contribution is -0.139. The lowest BCUT2D eigenvalue weighted by atomic mass is 9.67. The maximum atomic E-state index is 13.1. The van der Waals surface area contributed by atoms with E-state index in [4.69, 9.17) is 16.3 Å². The van der Waals surface area contributed by atoms with Crippen LogP contribution in [-0.2, 0) is 9.59 Å². The monoisotopic (exact) mass is 449 g/mol. The van der Waals surface area contributed by atoms with Crippen molar-refractivity contribution in [2.45, 2.75) is 52.0 Å². The molecule has 2 fully saturated rings. The summed E-state index contributed by atoms with van der Waals surface area (Å²) in [6.07, 6.45) is 3.01. The molecular weight excluding hydrogens is 418 g/mol. The normalized spacial score (nSPS) is 23.8. The van der Waals surface area contributed by atoms with Gasteiger partial charge in [-0.2, -0.15) is 0 Å². The summed E-state index contributed by atoms with van der Waals surface area (Å²) in [4.78, 5) is 40.7. The zero-order valence-corrected chi connectivity index (χ0v) is 19.5. The highest BCUT2D eigenvalue weighted by Crippen LogP contribution is 2.43. The number of benzene rings is 1. The highest BCUT2D eigenvalue weighted by molar-refractivity contribution is 6.30. The Kier molecular flexibility index (Phi) is 6.84. The zero-order chi connectivity index (χ0) is 22.8. The van der Waals surface area contributed by atoms with Crippen molar-refractivity contribution in [1.29, 1.82) is 0 Å². The summed E-state index contributed by atoms with van der Waals surface area (Å²) in [6, 6.07) is 6.55. The second kappa shape index (κ2) is 9.07. The summed E-state index contributed by atoms with van der Waals surface area (Å²) in [5.74, 6) is 0.555. The molecular formula is C23H32ClN3O4. The van der Waals surface area contributed by atoms with E-state index in [9.17, 15) is 14.4 Å².